The molecule has 0 aliphatic rings. The summed E-state index contributed by atoms with van der Waals surface area (Å²) in [5.41, 5.74) is 8.43. The first-order valence-electron chi connectivity index (χ1n) is 6.11. The zero-order chi connectivity index (χ0) is 14.1. The van der Waals surface area contributed by atoms with Crippen molar-refractivity contribution in [1.82, 2.24) is 20.0 Å². The van der Waals surface area contributed by atoms with E-state index in [0.29, 0.717) is 24.0 Å². The van der Waals surface area contributed by atoms with Gasteiger partial charge < -0.3 is 10.5 Å². The van der Waals surface area contributed by atoms with Crippen LogP contribution >= 0.6 is 11.6 Å². The van der Waals surface area contributed by atoms with E-state index >= 15 is 0 Å². The summed E-state index contributed by atoms with van der Waals surface area (Å²) in [6.45, 7) is 0.966. The Bertz CT molecular complexity index is 748. The van der Waals surface area contributed by atoms with Gasteiger partial charge in [-0.1, -0.05) is 23.7 Å². The number of hydrogen-bond donors (Lipinski definition) is 2. The lowest BCUT2D eigenvalue weighted by Crippen LogP contribution is -2.03. The van der Waals surface area contributed by atoms with Gasteiger partial charge in [-0.05, 0) is 17.7 Å². The maximum absolute atomic E-state index is 6.00. The summed E-state index contributed by atoms with van der Waals surface area (Å²) in [6.07, 6.45) is 0. The molecule has 3 aromatic rings. The maximum Gasteiger partial charge on any atom is 0.182 e. The zero-order valence-corrected chi connectivity index (χ0v) is 11.7. The number of halogens is 1. The number of nitrogens with one attached hydrogen (secondary N) is 1. The molecule has 0 fully saturated rings. The first-order valence-corrected chi connectivity index (χ1v) is 6.49. The Morgan fingerprint density at radius 1 is 1.45 bits per heavy atom. The monoisotopic (exact) mass is 291 g/mol. The smallest absolute Gasteiger partial charge is 0.182 e. The molecule has 1 aromatic carbocycles. The van der Waals surface area contributed by atoms with Gasteiger partial charge in [0.25, 0.3) is 0 Å². The normalized spacial score (nSPS) is 11.3. The predicted octanol–water partition coefficient (Wildman–Crippen LogP) is 2.19. The van der Waals surface area contributed by atoms with Crippen LogP contribution in [0.25, 0.3) is 11.0 Å². The summed E-state index contributed by atoms with van der Waals surface area (Å²) in [4.78, 5) is 0. The highest BCUT2D eigenvalue weighted by Gasteiger charge is 2.16. The molecular weight excluding hydrogens is 278 g/mol. The minimum absolute atomic E-state index is 0.392. The Morgan fingerprint density at radius 3 is 3.05 bits per heavy atom. The molecule has 0 aliphatic carbocycles. The summed E-state index contributed by atoms with van der Waals surface area (Å²) in [7, 11) is 1.62. The molecule has 0 saturated carbocycles. The summed E-state index contributed by atoms with van der Waals surface area (Å²) < 4.78 is 6.94. The van der Waals surface area contributed by atoms with Gasteiger partial charge in [0.2, 0.25) is 0 Å². The van der Waals surface area contributed by atoms with E-state index in [1.165, 1.54) is 0 Å². The van der Waals surface area contributed by atoms with Crippen molar-refractivity contribution in [3.05, 3.63) is 40.5 Å². The molecule has 2 aromatic heterocycles. The summed E-state index contributed by atoms with van der Waals surface area (Å²) in [5, 5.41) is 13.0. The van der Waals surface area contributed by atoms with Crippen LogP contribution in [0.15, 0.2) is 24.3 Å². The Hall–Kier alpha value is -2.05. The zero-order valence-electron chi connectivity index (χ0n) is 10.9. The molecule has 3 rings (SSSR count). The Balaban J connectivity index is 2.03. The van der Waals surface area contributed by atoms with Crippen molar-refractivity contribution < 1.29 is 4.74 Å². The third-order valence-corrected chi connectivity index (χ3v) is 3.29. The molecule has 0 amide bonds. The number of ether oxygens (including phenoxy) is 1. The van der Waals surface area contributed by atoms with Crippen LogP contribution in [0.1, 0.15) is 11.3 Å². The van der Waals surface area contributed by atoms with Gasteiger partial charge in [-0.25, -0.2) is 4.68 Å². The molecule has 20 heavy (non-hydrogen) atoms. The number of aromatic nitrogens is 4. The van der Waals surface area contributed by atoms with Crippen LogP contribution in [0.4, 0.5) is 5.82 Å². The van der Waals surface area contributed by atoms with E-state index in [0.717, 1.165) is 22.3 Å². The van der Waals surface area contributed by atoms with Crippen LogP contribution in [-0.4, -0.2) is 27.1 Å². The number of H-pyrrole nitrogens is 1. The Labute approximate surface area is 120 Å². The van der Waals surface area contributed by atoms with E-state index in [4.69, 9.17) is 22.1 Å². The predicted molar refractivity (Wildman–Crippen MR) is 77.6 cm³/mol. The standard InChI is InChI=1S/C13H14ClN5O/c1-20-7-10-11-12(15)16-17-13(11)19(18-10)6-8-3-2-4-9(14)5-8/h2-5H,6-7H2,1H3,(H3,15,16,17). The van der Waals surface area contributed by atoms with E-state index in [9.17, 15) is 0 Å². The van der Waals surface area contributed by atoms with Crippen molar-refractivity contribution >= 4 is 28.5 Å². The number of nitrogens with two attached hydrogens (primary N) is 1. The molecular formula is C13H14ClN5O. The second-order valence-electron chi connectivity index (χ2n) is 4.50. The molecule has 0 unspecified atom stereocenters. The maximum atomic E-state index is 6.00. The lowest BCUT2D eigenvalue weighted by molar-refractivity contribution is 0.182. The van der Waals surface area contributed by atoms with Crippen LogP contribution in [0.5, 0.6) is 0 Å². The van der Waals surface area contributed by atoms with E-state index in [2.05, 4.69) is 15.3 Å². The van der Waals surface area contributed by atoms with Gasteiger partial charge in [0.15, 0.2) is 5.65 Å². The fraction of sp³-hybridized carbons (Fsp3) is 0.231. The first kappa shape index (κ1) is 13.0. The Kier molecular flexibility index (Phi) is 3.33. The highest BCUT2D eigenvalue weighted by molar-refractivity contribution is 6.30. The van der Waals surface area contributed by atoms with Crippen LogP contribution in [0, 0.1) is 0 Å². The van der Waals surface area contributed by atoms with Gasteiger partial charge in [0, 0.05) is 12.1 Å². The molecule has 104 valence electrons. The first-order chi connectivity index (χ1) is 9.69. The van der Waals surface area contributed by atoms with Crippen LogP contribution < -0.4 is 5.73 Å². The van der Waals surface area contributed by atoms with Crippen LogP contribution in [0.3, 0.4) is 0 Å². The van der Waals surface area contributed by atoms with E-state index in [1.807, 2.05) is 24.3 Å². The number of benzene rings is 1. The number of fused-ring (bicyclic) bond motifs is 1. The lowest BCUT2D eigenvalue weighted by atomic mass is 10.2. The quantitative estimate of drug-likeness (QED) is 0.772. The summed E-state index contributed by atoms with van der Waals surface area (Å²) >= 11 is 6.00. The largest absolute Gasteiger partial charge is 0.383 e. The molecule has 0 atom stereocenters. The summed E-state index contributed by atoms with van der Waals surface area (Å²) in [6, 6.07) is 7.65. The summed E-state index contributed by atoms with van der Waals surface area (Å²) in [5.74, 6) is 0.504. The van der Waals surface area contributed by atoms with Crippen molar-refractivity contribution in [2.75, 3.05) is 12.8 Å². The van der Waals surface area contributed by atoms with E-state index in [-0.39, 0.29) is 0 Å². The van der Waals surface area contributed by atoms with Crippen molar-refractivity contribution in [3.63, 3.8) is 0 Å². The second kappa shape index (κ2) is 5.15. The lowest BCUT2D eigenvalue weighted by Gasteiger charge is -2.02. The number of nitrogen functional groups attached to an aromatic ring is 1. The van der Waals surface area contributed by atoms with Gasteiger partial charge >= 0.3 is 0 Å². The molecule has 0 bridgehead atoms. The third kappa shape index (κ3) is 2.23. The van der Waals surface area contributed by atoms with Crippen molar-refractivity contribution in [3.8, 4) is 0 Å². The van der Waals surface area contributed by atoms with Gasteiger partial charge in [-0.3, -0.25) is 5.10 Å². The number of methoxy groups -OCH3 is 1. The van der Waals surface area contributed by atoms with Gasteiger partial charge in [-0.2, -0.15) is 10.2 Å². The topological polar surface area (TPSA) is 81.8 Å². The fourth-order valence-electron chi connectivity index (χ4n) is 2.22. The van der Waals surface area contributed by atoms with Gasteiger partial charge in [0.1, 0.15) is 11.5 Å². The van der Waals surface area contributed by atoms with Gasteiger partial charge in [-0.15, -0.1) is 0 Å². The minimum atomic E-state index is 0.392. The average Bonchev–Trinajstić information content (AvgIpc) is 2.94. The SMILES string of the molecule is COCc1nn(Cc2cccc(Cl)c2)c2n[nH]c(N)c12. The number of rotatable bonds is 4. The molecule has 0 aliphatic heterocycles. The molecule has 0 spiro atoms. The highest BCUT2D eigenvalue weighted by Crippen LogP contribution is 2.23. The van der Waals surface area contributed by atoms with Crippen LogP contribution in [-0.2, 0) is 17.9 Å². The van der Waals surface area contributed by atoms with E-state index < -0.39 is 0 Å². The third-order valence-electron chi connectivity index (χ3n) is 3.05. The minimum Gasteiger partial charge on any atom is -0.383 e. The molecule has 0 saturated heterocycles. The van der Waals surface area contributed by atoms with Crippen molar-refractivity contribution in [2.45, 2.75) is 13.2 Å². The number of hydrogen-bond acceptors (Lipinski definition) is 4. The van der Waals surface area contributed by atoms with Crippen molar-refractivity contribution in [1.29, 1.82) is 0 Å². The second-order valence-corrected chi connectivity index (χ2v) is 4.94. The Morgan fingerprint density at radius 2 is 2.30 bits per heavy atom. The number of nitrogens with zero attached hydrogens (tertiary/aromatic N) is 3. The number of anilines is 1. The van der Waals surface area contributed by atoms with Crippen LogP contribution in [0.2, 0.25) is 5.02 Å². The van der Waals surface area contributed by atoms with Gasteiger partial charge in [0.05, 0.1) is 18.5 Å². The molecule has 7 heteroatoms. The average molecular weight is 292 g/mol. The number of aromatic amines is 1. The van der Waals surface area contributed by atoms with Crippen molar-refractivity contribution in [2.24, 2.45) is 0 Å². The molecule has 2 heterocycles. The molecule has 6 nitrogen and oxygen atoms in total. The van der Waals surface area contributed by atoms with E-state index in [1.54, 1.807) is 11.8 Å². The highest BCUT2D eigenvalue weighted by atomic mass is 35.5. The molecule has 0 radical (unpaired) electrons. The molecule has 3 N–H and O–H groups in total. The fourth-order valence-corrected chi connectivity index (χ4v) is 2.43.